The molecule has 0 spiro atoms. The summed E-state index contributed by atoms with van der Waals surface area (Å²) in [4.78, 5) is 15.2. The molecular weight excluding hydrogens is 352 g/mol. The van der Waals surface area contributed by atoms with Crippen LogP contribution >= 0.6 is 0 Å². The number of nitrogens with one attached hydrogen (secondary N) is 1. The number of carbonyl (C=O) groups excluding carboxylic acids is 1. The first-order valence-electron chi connectivity index (χ1n) is 9.47. The summed E-state index contributed by atoms with van der Waals surface area (Å²) in [5.41, 5.74) is 2.84. The Morgan fingerprint density at radius 1 is 1.18 bits per heavy atom. The SMILES string of the molecule is COc1ccccc1C1CNCCN1C(=O)c1ccc(Cn2cccn2)cc1. The third-order valence-electron chi connectivity index (χ3n) is 5.11. The third kappa shape index (κ3) is 3.77. The Bertz CT molecular complexity index is 922. The lowest BCUT2D eigenvalue weighted by molar-refractivity contribution is 0.0631. The van der Waals surface area contributed by atoms with Gasteiger partial charge >= 0.3 is 0 Å². The van der Waals surface area contributed by atoms with Gasteiger partial charge in [0.1, 0.15) is 5.75 Å². The largest absolute Gasteiger partial charge is 0.496 e. The smallest absolute Gasteiger partial charge is 0.254 e. The fourth-order valence-corrected chi connectivity index (χ4v) is 3.67. The molecule has 1 aliphatic heterocycles. The summed E-state index contributed by atoms with van der Waals surface area (Å²) in [7, 11) is 1.67. The number of hydrogen-bond donors (Lipinski definition) is 1. The Kier molecular flexibility index (Phi) is 5.39. The van der Waals surface area contributed by atoms with Gasteiger partial charge in [0.05, 0.1) is 19.7 Å². The summed E-state index contributed by atoms with van der Waals surface area (Å²) in [6.07, 6.45) is 3.69. The number of methoxy groups -OCH3 is 1. The maximum absolute atomic E-state index is 13.3. The van der Waals surface area contributed by atoms with Gasteiger partial charge in [0.2, 0.25) is 0 Å². The Morgan fingerprint density at radius 3 is 2.75 bits per heavy atom. The van der Waals surface area contributed by atoms with E-state index in [1.807, 2.05) is 70.4 Å². The number of ether oxygens (including phenoxy) is 1. The van der Waals surface area contributed by atoms with Crippen LogP contribution in [0.5, 0.6) is 5.75 Å². The second-order valence-corrected chi connectivity index (χ2v) is 6.86. The van der Waals surface area contributed by atoms with Gasteiger partial charge in [-0.05, 0) is 29.8 Å². The van der Waals surface area contributed by atoms with Crippen LogP contribution in [0.3, 0.4) is 0 Å². The molecule has 1 aromatic heterocycles. The molecule has 4 rings (SSSR count). The number of hydrogen-bond acceptors (Lipinski definition) is 4. The average Bonchev–Trinajstić information content (AvgIpc) is 3.27. The third-order valence-corrected chi connectivity index (χ3v) is 5.11. The molecule has 1 saturated heterocycles. The topological polar surface area (TPSA) is 59.4 Å². The molecular formula is C22H24N4O2. The molecule has 1 N–H and O–H groups in total. The van der Waals surface area contributed by atoms with Crippen LogP contribution in [0.4, 0.5) is 0 Å². The quantitative estimate of drug-likeness (QED) is 0.744. The highest BCUT2D eigenvalue weighted by Crippen LogP contribution is 2.31. The van der Waals surface area contributed by atoms with Crippen LogP contribution in [0, 0.1) is 0 Å². The summed E-state index contributed by atoms with van der Waals surface area (Å²) < 4.78 is 7.39. The zero-order valence-corrected chi connectivity index (χ0v) is 15.9. The van der Waals surface area contributed by atoms with Crippen molar-refractivity contribution in [1.82, 2.24) is 20.0 Å². The molecule has 28 heavy (non-hydrogen) atoms. The van der Waals surface area contributed by atoms with Gasteiger partial charge in [-0.15, -0.1) is 0 Å². The molecule has 2 aromatic carbocycles. The number of benzene rings is 2. The van der Waals surface area contributed by atoms with Crippen molar-refractivity contribution in [2.75, 3.05) is 26.7 Å². The average molecular weight is 376 g/mol. The molecule has 1 fully saturated rings. The first kappa shape index (κ1) is 18.3. The second-order valence-electron chi connectivity index (χ2n) is 6.86. The first-order chi connectivity index (χ1) is 13.8. The van der Waals surface area contributed by atoms with Gasteiger partial charge < -0.3 is 15.0 Å². The molecule has 6 heteroatoms. The number of aromatic nitrogens is 2. The van der Waals surface area contributed by atoms with E-state index in [0.29, 0.717) is 25.2 Å². The molecule has 0 radical (unpaired) electrons. The Labute approximate surface area is 164 Å². The zero-order chi connectivity index (χ0) is 19.3. The van der Waals surface area contributed by atoms with Gasteiger partial charge in [0.15, 0.2) is 0 Å². The van der Waals surface area contributed by atoms with Crippen molar-refractivity contribution in [3.8, 4) is 5.75 Å². The number of piperazine rings is 1. The highest BCUT2D eigenvalue weighted by Gasteiger charge is 2.30. The van der Waals surface area contributed by atoms with E-state index >= 15 is 0 Å². The van der Waals surface area contributed by atoms with Crippen LogP contribution in [0.1, 0.15) is 27.5 Å². The standard InChI is InChI=1S/C22H24N4O2/c1-28-21-6-3-2-5-19(21)20-15-23-12-14-26(20)22(27)18-9-7-17(8-10-18)16-25-13-4-11-24-25/h2-11,13,20,23H,12,14-16H2,1H3. The van der Waals surface area contributed by atoms with Gasteiger partial charge in [-0.3, -0.25) is 9.48 Å². The summed E-state index contributed by atoms with van der Waals surface area (Å²) in [5.74, 6) is 0.853. The van der Waals surface area contributed by atoms with Crippen molar-refractivity contribution in [3.63, 3.8) is 0 Å². The number of para-hydroxylation sites is 1. The minimum atomic E-state index is -0.0545. The minimum absolute atomic E-state index is 0.0445. The molecule has 0 aliphatic carbocycles. The summed E-state index contributed by atoms with van der Waals surface area (Å²) >= 11 is 0. The van der Waals surface area contributed by atoms with Crippen LogP contribution in [0.25, 0.3) is 0 Å². The van der Waals surface area contributed by atoms with Crippen LogP contribution in [0.15, 0.2) is 67.0 Å². The number of carbonyl (C=O) groups is 1. The van der Waals surface area contributed by atoms with Crippen molar-refractivity contribution in [2.45, 2.75) is 12.6 Å². The summed E-state index contributed by atoms with van der Waals surface area (Å²) in [6, 6.07) is 17.6. The predicted molar refractivity (Wildman–Crippen MR) is 107 cm³/mol. The number of nitrogens with zero attached hydrogens (tertiary/aromatic N) is 3. The minimum Gasteiger partial charge on any atom is -0.496 e. The van der Waals surface area contributed by atoms with Crippen molar-refractivity contribution in [1.29, 1.82) is 0 Å². The lowest BCUT2D eigenvalue weighted by Crippen LogP contribution is -2.48. The number of rotatable bonds is 5. The predicted octanol–water partition coefficient (Wildman–Crippen LogP) is 2.73. The fraction of sp³-hybridized carbons (Fsp3) is 0.273. The Morgan fingerprint density at radius 2 is 2.00 bits per heavy atom. The molecule has 1 aliphatic rings. The molecule has 6 nitrogen and oxygen atoms in total. The lowest BCUT2D eigenvalue weighted by Gasteiger charge is -2.37. The van der Waals surface area contributed by atoms with E-state index in [4.69, 9.17) is 4.74 Å². The first-order valence-corrected chi connectivity index (χ1v) is 9.47. The normalized spacial score (nSPS) is 16.8. The molecule has 1 amide bonds. The van der Waals surface area contributed by atoms with Gasteiger partial charge in [0.25, 0.3) is 5.91 Å². The van der Waals surface area contributed by atoms with Crippen LogP contribution in [-0.4, -0.2) is 47.3 Å². The van der Waals surface area contributed by atoms with E-state index in [2.05, 4.69) is 10.4 Å². The molecule has 2 heterocycles. The molecule has 3 aromatic rings. The highest BCUT2D eigenvalue weighted by molar-refractivity contribution is 5.94. The van der Waals surface area contributed by atoms with E-state index < -0.39 is 0 Å². The Hall–Kier alpha value is -3.12. The zero-order valence-electron chi connectivity index (χ0n) is 15.9. The van der Waals surface area contributed by atoms with E-state index in [-0.39, 0.29) is 11.9 Å². The summed E-state index contributed by atoms with van der Waals surface area (Å²) in [6.45, 7) is 2.85. The molecule has 1 atom stereocenters. The van der Waals surface area contributed by atoms with E-state index in [0.717, 1.165) is 23.4 Å². The highest BCUT2D eigenvalue weighted by atomic mass is 16.5. The second kappa shape index (κ2) is 8.27. The summed E-state index contributed by atoms with van der Waals surface area (Å²) in [5, 5.41) is 7.62. The fourth-order valence-electron chi connectivity index (χ4n) is 3.67. The van der Waals surface area contributed by atoms with Gasteiger partial charge in [0, 0.05) is 43.2 Å². The van der Waals surface area contributed by atoms with Crippen molar-refractivity contribution >= 4 is 5.91 Å². The number of amides is 1. The molecule has 0 bridgehead atoms. The van der Waals surface area contributed by atoms with Gasteiger partial charge in [-0.25, -0.2) is 0 Å². The van der Waals surface area contributed by atoms with Crippen molar-refractivity contribution < 1.29 is 9.53 Å². The van der Waals surface area contributed by atoms with Crippen LogP contribution < -0.4 is 10.1 Å². The monoisotopic (exact) mass is 376 g/mol. The molecule has 0 saturated carbocycles. The van der Waals surface area contributed by atoms with E-state index in [9.17, 15) is 4.79 Å². The van der Waals surface area contributed by atoms with Crippen LogP contribution in [-0.2, 0) is 6.54 Å². The molecule has 144 valence electrons. The van der Waals surface area contributed by atoms with Crippen molar-refractivity contribution in [2.24, 2.45) is 0 Å². The maximum Gasteiger partial charge on any atom is 0.254 e. The molecule has 1 unspecified atom stereocenters. The lowest BCUT2D eigenvalue weighted by atomic mass is 10.0. The van der Waals surface area contributed by atoms with Crippen LogP contribution in [0.2, 0.25) is 0 Å². The van der Waals surface area contributed by atoms with Gasteiger partial charge in [-0.1, -0.05) is 30.3 Å². The van der Waals surface area contributed by atoms with E-state index in [1.165, 1.54) is 0 Å². The van der Waals surface area contributed by atoms with Crippen molar-refractivity contribution in [3.05, 3.63) is 83.7 Å². The Balaban J connectivity index is 1.55. The van der Waals surface area contributed by atoms with Gasteiger partial charge in [-0.2, -0.15) is 5.10 Å². The maximum atomic E-state index is 13.3. The van der Waals surface area contributed by atoms with E-state index in [1.54, 1.807) is 13.3 Å².